The van der Waals surface area contributed by atoms with E-state index >= 15 is 0 Å². The molecule has 1 saturated heterocycles. The first-order chi connectivity index (χ1) is 12.3. The SMILES string of the molecule is CC(C)(C)c1ccc(=O)n(C2CCN(C(=O)c3ccc(Br)cc3)CC2)n1. The summed E-state index contributed by atoms with van der Waals surface area (Å²) in [6.45, 7) is 7.53. The molecule has 0 atom stereocenters. The Bertz CT molecular complexity index is 845. The Kier molecular flexibility index (Phi) is 5.32. The summed E-state index contributed by atoms with van der Waals surface area (Å²) >= 11 is 3.39. The number of carbonyl (C=O) groups excluding carboxylic acids is 1. The van der Waals surface area contributed by atoms with Gasteiger partial charge in [-0.3, -0.25) is 9.59 Å². The molecule has 3 rings (SSSR count). The van der Waals surface area contributed by atoms with Gasteiger partial charge in [-0.15, -0.1) is 0 Å². The summed E-state index contributed by atoms with van der Waals surface area (Å²) in [6, 6.07) is 10.9. The summed E-state index contributed by atoms with van der Waals surface area (Å²) in [5.74, 6) is 0.0414. The van der Waals surface area contributed by atoms with E-state index in [2.05, 4.69) is 41.8 Å². The highest BCUT2D eigenvalue weighted by Gasteiger charge is 2.26. The van der Waals surface area contributed by atoms with E-state index in [-0.39, 0.29) is 22.9 Å². The third-order valence-electron chi connectivity index (χ3n) is 4.78. The van der Waals surface area contributed by atoms with E-state index in [0.717, 1.165) is 23.0 Å². The van der Waals surface area contributed by atoms with Gasteiger partial charge in [0.05, 0.1) is 11.7 Å². The van der Waals surface area contributed by atoms with Gasteiger partial charge in [0.25, 0.3) is 11.5 Å². The molecule has 1 aromatic heterocycles. The predicted molar refractivity (Wildman–Crippen MR) is 106 cm³/mol. The van der Waals surface area contributed by atoms with Gasteiger partial charge in [-0.25, -0.2) is 4.68 Å². The second kappa shape index (κ2) is 7.35. The van der Waals surface area contributed by atoms with Crippen molar-refractivity contribution in [2.75, 3.05) is 13.1 Å². The molecule has 5 nitrogen and oxygen atoms in total. The largest absolute Gasteiger partial charge is 0.338 e. The minimum Gasteiger partial charge on any atom is -0.338 e. The van der Waals surface area contributed by atoms with Crippen LogP contribution in [0.5, 0.6) is 0 Å². The van der Waals surface area contributed by atoms with Crippen molar-refractivity contribution < 1.29 is 4.79 Å². The number of rotatable bonds is 2. The summed E-state index contributed by atoms with van der Waals surface area (Å²) in [4.78, 5) is 26.8. The molecular weight excluding hydrogens is 394 g/mol. The molecular formula is C20H24BrN3O2. The number of hydrogen-bond acceptors (Lipinski definition) is 3. The third kappa shape index (κ3) is 4.06. The molecule has 0 spiro atoms. The lowest BCUT2D eigenvalue weighted by Gasteiger charge is -2.33. The standard InChI is InChI=1S/C20H24BrN3O2/c1-20(2,3)17-8-9-18(25)24(22-17)16-10-12-23(13-11-16)19(26)14-4-6-15(21)7-5-14/h4-9,16H,10-13H2,1-3H3. The zero-order chi connectivity index (χ0) is 18.9. The molecule has 1 fully saturated rings. The molecule has 1 aromatic carbocycles. The van der Waals surface area contributed by atoms with Crippen molar-refractivity contribution in [3.63, 3.8) is 0 Å². The van der Waals surface area contributed by atoms with Gasteiger partial charge in [-0.2, -0.15) is 5.10 Å². The number of halogens is 1. The van der Waals surface area contributed by atoms with E-state index in [1.807, 2.05) is 35.2 Å². The quantitative estimate of drug-likeness (QED) is 0.746. The predicted octanol–water partition coefficient (Wildman–Crippen LogP) is 3.78. The monoisotopic (exact) mass is 417 g/mol. The van der Waals surface area contributed by atoms with Crippen molar-refractivity contribution >= 4 is 21.8 Å². The van der Waals surface area contributed by atoms with Gasteiger partial charge in [-0.05, 0) is 43.2 Å². The number of hydrogen-bond donors (Lipinski definition) is 0. The molecule has 26 heavy (non-hydrogen) atoms. The van der Waals surface area contributed by atoms with E-state index < -0.39 is 0 Å². The summed E-state index contributed by atoms with van der Waals surface area (Å²) in [7, 11) is 0. The van der Waals surface area contributed by atoms with Gasteiger partial charge >= 0.3 is 0 Å². The van der Waals surface area contributed by atoms with Crippen LogP contribution in [0.3, 0.4) is 0 Å². The zero-order valence-corrected chi connectivity index (χ0v) is 17.0. The van der Waals surface area contributed by atoms with Crippen molar-refractivity contribution in [1.29, 1.82) is 0 Å². The van der Waals surface area contributed by atoms with Crippen molar-refractivity contribution in [3.8, 4) is 0 Å². The molecule has 0 bridgehead atoms. The van der Waals surface area contributed by atoms with Gasteiger partial charge in [0.2, 0.25) is 0 Å². The summed E-state index contributed by atoms with van der Waals surface area (Å²) in [5, 5.41) is 4.60. The second-order valence-corrected chi connectivity index (χ2v) is 8.70. The first-order valence-corrected chi connectivity index (χ1v) is 9.70. The Morgan fingerprint density at radius 2 is 1.69 bits per heavy atom. The van der Waals surface area contributed by atoms with E-state index in [1.165, 1.54) is 0 Å². The van der Waals surface area contributed by atoms with Crippen molar-refractivity contribution in [2.45, 2.75) is 45.1 Å². The maximum Gasteiger partial charge on any atom is 0.267 e. The first kappa shape index (κ1) is 18.8. The fourth-order valence-electron chi connectivity index (χ4n) is 3.18. The van der Waals surface area contributed by atoms with Crippen molar-refractivity contribution in [2.24, 2.45) is 0 Å². The molecule has 1 amide bonds. The Morgan fingerprint density at radius 3 is 2.27 bits per heavy atom. The van der Waals surface area contributed by atoms with Crippen LogP contribution in [0.1, 0.15) is 55.7 Å². The average molecular weight is 418 g/mol. The van der Waals surface area contributed by atoms with E-state index in [9.17, 15) is 9.59 Å². The highest BCUT2D eigenvalue weighted by Crippen LogP contribution is 2.24. The molecule has 0 aliphatic carbocycles. The highest BCUT2D eigenvalue weighted by molar-refractivity contribution is 9.10. The summed E-state index contributed by atoms with van der Waals surface area (Å²) in [5.41, 5.74) is 1.42. The molecule has 0 unspecified atom stereocenters. The third-order valence-corrected chi connectivity index (χ3v) is 5.31. The van der Waals surface area contributed by atoms with Crippen LogP contribution in [0.15, 0.2) is 45.7 Å². The number of benzene rings is 1. The molecule has 1 aliphatic rings. The van der Waals surface area contributed by atoms with Crippen LogP contribution in [0, 0.1) is 0 Å². The van der Waals surface area contributed by atoms with Gasteiger partial charge < -0.3 is 4.90 Å². The van der Waals surface area contributed by atoms with Gasteiger partial charge in [0.1, 0.15) is 0 Å². The van der Waals surface area contributed by atoms with Crippen LogP contribution >= 0.6 is 15.9 Å². The molecule has 0 N–H and O–H groups in total. The summed E-state index contributed by atoms with van der Waals surface area (Å²) < 4.78 is 2.57. The van der Waals surface area contributed by atoms with Crippen LogP contribution in [0.4, 0.5) is 0 Å². The first-order valence-electron chi connectivity index (χ1n) is 8.91. The van der Waals surface area contributed by atoms with E-state index in [4.69, 9.17) is 0 Å². The van der Waals surface area contributed by atoms with Crippen LogP contribution in [0.2, 0.25) is 0 Å². The number of amides is 1. The fourth-order valence-corrected chi connectivity index (χ4v) is 3.44. The smallest absolute Gasteiger partial charge is 0.267 e. The number of likely N-dealkylation sites (tertiary alicyclic amines) is 1. The number of aromatic nitrogens is 2. The second-order valence-electron chi connectivity index (χ2n) is 7.78. The average Bonchev–Trinajstić information content (AvgIpc) is 2.61. The van der Waals surface area contributed by atoms with Crippen molar-refractivity contribution in [1.82, 2.24) is 14.7 Å². The molecule has 138 valence electrons. The van der Waals surface area contributed by atoms with Gasteiger partial charge in [0, 0.05) is 34.6 Å². The highest BCUT2D eigenvalue weighted by atomic mass is 79.9. The molecule has 0 radical (unpaired) electrons. The Hall–Kier alpha value is -1.95. The lowest BCUT2D eigenvalue weighted by atomic mass is 9.92. The van der Waals surface area contributed by atoms with Crippen LogP contribution in [0.25, 0.3) is 0 Å². The summed E-state index contributed by atoms with van der Waals surface area (Å²) in [6.07, 6.45) is 1.48. The molecule has 2 aromatic rings. The van der Waals surface area contributed by atoms with Gasteiger partial charge in [-0.1, -0.05) is 36.7 Å². The zero-order valence-electron chi connectivity index (χ0n) is 15.4. The Balaban J connectivity index is 1.72. The van der Waals surface area contributed by atoms with E-state index in [1.54, 1.807) is 10.7 Å². The van der Waals surface area contributed by atoms with Crippen LogP contribution in [-0.4, -0.2) is 33.7 Å². The topological polar surface area (TPSA) is 55.2 Å². The molecule has 2 heterocycles. The lowest BCUT2D eigenvalue weighted by molar-refractivity contribution is 0.0687. The minimum absolute atomic E-state index is 0.0405. The number of carbonyl (C=O) groups is 1. The van der Waals surface area contributed by atoms with E-state index in [0.29, 0.717) is 18.7 Å². The maximum atomic E-state index is 12.6. The van der Waals surface area contributed by atoms with Crippen LogP contribution < -0.4 is 5.56 Å². The minimum atomic E-state index is -0.103. The maximum absolute atomic E-state index is 12.6. The Morgan fingerprint density at radius 1 is 1.08 bits per heavy atom. The fraction of sp³-hybridized carbons (Fsp3) is 0.450. The van der Waals surface area contributed by atoms with Gasteiger partial charge in [0.15, 0.2) is 0 Å². The molecule has 6 heteroatoms. The van der Waals surface area contributed by atoms with Crippen molar-refractivity contribution in [3.05, 3.63) is 62.5 Å². The Labute approximate surface area is 162 Å². The van der Waals surface area contributed by atoms with Crippen LogP contribution in [-0.2, 0) is 5.41 Å². The molecule has 1 aliphatic heterocycles. The number of nitrogens with zero attached hydrogens (tertiary/aromatic N) is 3. The number of piperidine rings is 1. The molecule has 0 saturated carbocycles. The normalized spacial score (nSPS) is 15.9. The lowest BCUT2D eigenvalue weighted by Crippen LogP contribution is -2.41.